The molecule has 2 aliphatic heterocycles. The topological polar surface area (TPSA) is 44.8 Å². The van der Waals surface area contributed by atoms with Gasteiger partial charge in [0.1, 0.15) is 12.2 Å². The zero-order valence-corrected chi connectivity index (χ0v) is 7.23. The molecule has 4 nitrogen and oxygen atoms in total. The molecule has 0 radical (unpaired) electrons. The van der Waals surface area contributed by atoms with Crippen molar-refractivity contribution in [1.29, 1.82) is 0 Å². The lowest BCUT2D eigenvalue weighted by Crippen LogP contribution is -2.39. The van der Waals surface area contributed by atoms with E-state index < -0.39 is 0 Å². The number of hydrogen-bond acceptors (Lipinski definition) is 4. The summed E-state index contributed by atoms with van der Waals surface area (Å²) in [6, 6.07) is 0. The average Bonchev–Trinajstić information content (AvgIpc) is 2.97. The summed E-state index contributed by atoms with van der Waals surface area (Å²) in [4.78, 5) is 21.5. The van der Waals surface area contributed by atoms with Crippen LogP contribution in [0.3, 0.4) is 0 Å². The van der Waals surface area contributed by atoms with Gasteiger partial charge in [-0.15, -0.1) is 0 Å². The fraction of sp³-hybridized carbons (Fsp3) is 0.667. The Hall–Kier alpha value is -0.870. The summed E-state index contributed by atoms with van der Waals surface area (Å²) in [6.45, 7) is 0. The molecule has 70 valence electrons. The zero-order chi connectivity index (χ0) is 9.00. The van der Waals surface area contributed by atoms with Crippen LogP contribution < -0.4 is 0 Å². The fourth-order valence-electron chi connectivity index (χ4n) is 2.24. The van der Waals surface area contributed by atoms with E-state index in [1.165, 1.54) is 7.11 Å². The van der Waals surface area contributed by atoms with Crippen LogP contribution in [0.4, 0.5) is 0 Å². The van der Waals surface area contributed by atoms with Crippen LogP contribution in [0.25, 0.3) is 0 Å². The van der Waals surface area contributed by atoms with Crippen molar-refractivity contribution in [2.45, 2.75) is 18.6 Å². The van der Waals surface area contributed by atoms with Gasteiger partial charge in [0.2, 0.25) is 0 Å². The fourth-order valence-corrected chi connectivity index (χ4v) is 2.24. The van der Waals surface area contributed by atoms with E-state index in [1.54, 1.807) is 0 Å². The molecular formula is C9H10O4. The number of ether oxygens (including phenoxy) is 1. The van der Waals surface area contributed by atoms with Gasteiger partial charge in [-0.05, 0) is 24.3 Å². The Morgan fingerprint density at radius 1 is 1.54 bits per heavy atom. The van der Waals surface area contributed by atoms with E-state index in [2.05, 4.69) is 4.74 Å². The molecule has 13 heavy (non-hydrogen) atoms. The number of carbonyl (C=O) groups excluding carboxylic acids is 1. The van der Waals surface area contributed by atoms with Crippen molar-refractivity contribution in [3.63, 3.8) is 0 Å². The minimum absolute atomic E-state index is 0.0240. The van der Waals surface area contributed by atoms with E-state index in [0.29, 0.717) is 17.4 Å². The van der Waals surface area contributed by atoms with Crippen LogP contribution in [0.5, 0.6) is 0 Å². The van der Waals surface area contributed by atoms with Gasteiger partial charge in [0.25, 0.3) is 0 Å². The third kappa shape index (κ3) is 0.899. The molecular weight excluding hydrogens is 172 g/mol. The number of esters is 1. The molecule has 4 rings (SSSR count). The van der Waals surface area contributed by atoms with Gasteiger partial charge in [0, 0.05) is 0 Å². The lowest BCUT2D eigenvalue weighted by atomic mass is 9.94. The van der Waals surface area contributed by atoms with Crippen molar-refractivity contribution in [1.82, 2.24) is 0 Å². The normalized spacial score (nSPS) is 45.2. The number of hydrogen-bond donors (Lipinski definition) is 0. The minimum atomic E-state index is -0.288. The second kappa shape index (κ2) is 2.33. The molecule has 1 saturated carbocycles. The Morgan fingerprint density at radius 2 is 2.38 bits per heavy atom. The molecule has 0 aromatic carbocycles. The highest BCUT2D eigenvalue weighted by molar-refractivity contribution is 5.90. The van der Waals surface area contributed by atoms with Crippen molar-refractivity contribution in [2.75, 3.05) is 7.11 Å². The molecule has 2 fully saturated rings. The SMILES string of the molecule is COC(=O)C1=C[C@H]2OO[C@@H]1C1CC12. The van der Waals surface area contributed by atoms with Crippen LogP contribution in [-0.2, 0) is 19.3 Å². The van der Waals surface area contributed by atoms with Crippen molar-refractivity contribution in [3.8, 4) is 0 Å². The number of carbonyl (C=O) groups is 1. The maximum Gasteiger partial charge on any atom is 0.336 e. The van der Waals surface area contributed by atoms with Crippen molar-refractivity contribution in [2.24, 2.45) is 11.8 Å². The smallest absolute Gasteiger partial charge is 0.336 e. The number of methoxy groups -OCH3 is 1. The van der Waals surface area contributed by atoms with E-state index in [0.717, 1.165) is 6.42 Å². The van der Waals surface area contributed by atoms with Gasteiger partial charge < -0.3 is 4.74 Å². The summed E-state index contributed by atoms with van der Waals surface area (Å²) in [7, 11) is 1.39. The molecule has 0 aromatic rings. The van der Waals surface area contributed by atoms with Crippen LogP contribution in [0.2, 0.25) is 0 Å². The van der Waals surface area contributed by atoms with Crippen LogP contribution in [0, 0.1) is 11.8 Å². The molecule has 4 aliphatic rings. The van der Waals surface area contributed by atoms with Crippen LogP contribution >= 0.6 is 0 Å². The molecule has 1 saturated heterocycles. The molecule has 0 amide bonds. The first-order valence-electron chi connectivity index (χ1n) is 4.43. The standard InChI is InChI=1S/C9H10O4/c1-11-9(10)6-3-7-4-2-5(4)8(6)13-12-7/h3-5,7-8H,2H2,1H3/t4?,5?,7-,8-/m1/s1. The third-order valence-corrected chi connectivity index (χ3v) is 3.04. The predicted octanol–water partition coefficient (Wildman–Crippen LogP) is 0.434. The summed E-state index contributed by atoms with van der Waals surface area (Å²) >= 11 is 0. The largest absolute Gasteiger partial charge is 0.466 e. The molecule has 2 aliphatic carbocycles. The molecule has 0 spiro atoms. The number of fused-ring (bicyclic) bond motifs is 1. The van der Waals surface area contributed by atoms with Crippen molar-refractivity contribution in [3.05, 3.63) is 11.6 Å². The van der Waals surface area contributed by atoms with Gasteiger partial charge in [-0.1, -0.05) is 0 Å². The van der Waals surface area contributed by atoms with Gasteiger partial charge in [-0.25, -0.2) is 14.6 Å². The van der Waals surface area contributed by atoms with Gasteiger partial charge in [-0.3, -0.25) is 0 Å². The van der Waals surface area contributed by atoms with Crippen molar-refractivity contribution < 1.29 is 19.3 Å². The van der Waals surface area contributed by atoms with Gasteiger partial charge in [0.15, 0.2) is 0 Å². The number of rotatable bonds is 1. The lowest BCUT2D eigenvalue weighted by Gasteiger charge is -2.32. The summed E-state index contributed by atoms with van der Waals surface area (Å²) in [5.41, 5.74) is 0.637. The van der Waals surface area contributed by atoms with E-state index in [9.17, 15) is 4.79 Å². The zero-order valence-electron chi connectivity index (χ0n) is 7.23. The van der Waals surface area contributed by atoms with Crippen molar-refractivity contribution >= 4 is 5.97 Å². The highest BCUT2D eigenvalue weighted by atomic mass is 17.2. The lowest BCUT2D eigenvalue weighted by molar-refractivity contribution is -0.367. The van der Waals surface area contributed by atoms with E-state index in [4.69, 9.17) is 9.78 Å². The Morgan fingerprint density at radius 3 is 3.08 bits per heavy atom. The molecule has 2 heterocycles. The molecule has 0 aromatic heterocycles. The summed E-state index contributed by atoms with van der Waals surface area (Å²) in [5.74, 6) is 0.772. The Labute approximate surface area is 75.4 Å². The molecule has 4 heteroatoms. The summed E-state index contributed by atoms with van der Waals surface area (Å²) < 4.78 is 4.67. The van der Waals surface area contributed by atoms with E-state index in [1.807, 2.05) is 6.08 Å². The second-order valence-electron chi connectivity index (χ2n) is 3.75. The van der Waals surface area contributed by atoms with Crippen LogP contribution in [0.15, 0.2) is 11.6 Å². The Kier molecular flexibility index (Phi) is 1.35. The third-order valence-electron chi connectivity index (χ3n) is 3.04. The van der Waals surface area contributed by atoms with E-state index in [-0.39, 0.29) is 18.2 Å². The Balaban J connectivity index is 1.93. The highest BCUT2D eigenvalue weighted by Gasteiger charge is 2.58. The minimum Gasteiger partial charge on any atom is -0.466 e. The summed E-state index contributed by atoms with van der Waals surface area (Å²) in [5, 5.41) is 0. The highest BCUT2D eigenvalue weighted by Crippen LogP contribution is 2.54. The molecule has 2 unspecified atom stereocenters. The van der Waals surface area contributed by atoms with E-state index >= 15 is 0 Å². The predicted molar refractivity (Wildman–Crippen MR) is 41.4 cm³/mol. The molecule has 0 N–H and O–H groups in total. The Bertz CT molecular complexity index is 296. The second-order valence-corrected chi connectivity index (χ2v) is 3.75. The maximum atomic E-state index is 11.3. The van der Waals surface area contributed by atoms with Gasteiger partial charge in [-0.2, -0.15) is 0 Å². The summed E-state index contributed by atoms with van der Waals surface area (Å²) in [6.07, 6.45) is 2.74. The quantitative estimate of drug-likeness (QED) is 0.436. The van der Waals surface area contributed by atoms with Gasteiger partial charge >= 0.3 is 5.97 Å². The van der Waals surface area contributed by atoms with Crippen LogP contribution in [-0.4, -0.2) is 25.3 Å². The first-order valence-corrected chi connectivity index (χ1v) is 4.43. The first-order chi connectivity index (χ1) is 6.31. The first kappa shape index (κ1) is 7.53. The van der Waals surface area contributed by atoms with Gasteiger partial charge in [0.05, 0.1) is 12.7 Å². The van der Waals surface area contributed by atoms with Crippen LogP contribution in [0.1, 0.15) is 6.42 Å². The monoisotopic (exact) mass is 182 g/mol. The molecule has 2 bridgehead atoms. The average molecular weight is 182 g/mol. The maximum absolute atomic E-state index is 11.3. The molecule has 4 atom stereocenters.